The van der Waals surface area contributed by atoms with Crippen LogP contribution < -0.4 is 5.32 Å². The second-order valence-corrected chi connectivity index (χ2v) is 10.4. The van der Waals surface area contributed by atoms with E-state index in [2.05, 4.69) is 11.4 Å². The van der Waals surface area contributed by atoms with Gasteiger partial charge in [-0.1, -0.05) is 54.1 Å². The van der Waals surface area contributed by atoms with E-state index in [9.17, 15) is 14.4 Å². The van der Waals surface area contributed by atoms with Crippen molar-refractivity contribution in [3.05, 3.63) is 82.1 Å². The zero-order valence-electron chi connectivity index (χ0n) is 22.0. The van der Waals surface area contributed by atoms with E-state index in [0.717, 1.165) is 54.6 Å². The third kappa shape index (κ3) is 4.75. The Kier molecular flexibility index (Phi) is 7.04. The summed E-state index contributed by atoms with van der Waals surface area (Å²) in [5, 5.41) is 3.08. The second-order valence-electron chi connectivity index (χ2n) is 10.4. The number of carbonyl (C=O) groups excluding carboxylic acids is 3. The van der Waals surface area contributed by atoms with Gasteiger partial charge in [-0.05, 0) is 56.7 Å². The molecule has 2 aromatic carbocycles. The van der Waals surface area contributed by atoms with Crippen LogP contribution in [0.1, 0.15) is 54.5 Å². The van der Waals surface area contributed by atoms with Crippen LogP contribution in [0.2, 0.25) is 0 Å². The molecule has 0 spiro atoms. The average molecular weight is 501 g/mol. The quantitative estimate of drug-likeness (QED) is 0.649. The third-order valence-electron chi connectivity index (χ3n) is 7.90. The molecular formula is C30H36N4O3. The first-order valence-electron chi connectivity index (χ1n) is 13.4. The summed E-state index contributed by atoms with van der Waals surface area (Å²) in [6, 6.07) is 14.6. The van der Waals surface area contributed by atoms with Gasteiger partial charge >= 0.3 is 6.03 Å². The van der Waals surface area contributed by atoms with Gasteiger partial charge in [0.1, 0.15) is 6.04 Å². The van der Waals surface area contributed by atoms with E-state index in [1.54, 1.807) is 9.80 Å². The molecule has 0 aromatic heterocycles. The SMILES string of the molecule is CCN1C(=O)N[C@@H](c2ccc(C)cc2C)C2=C1CN([C@@H](Cc1ccccc1)C(=O)N1CCCCC1)C2=O. The normalized spacial score (nSPS) is 20.7. The molecule has 3 aliphatic rings. The standard InChI is InChI=1S/C30H36N4O3/c1-4-33-25-19-34(24(18-22-11-7-5-8-12-22)28(35)32-15-9-6-10-16-32)29(36)26(25)27(31-30(33)37)23-14-13-20(2)17-21(23)3/h5,7-8,11-14,17,24,27H,4,6,9-10,15-16,18-19H2,1-3H3,(H,31,37)/t24-,27-/m0/s1. The highest BCUT2D eigenvalue weighted by molar-refractivity contribution is 6.03. The van der Waals surface area contributed by atoms with Crippen LogP contribution in [0.5, 0.6) is 0 Å². The van der Waals surface area contributed by atoms with Crippen molar-refractivity contribution in [2.24, 2.45) is 0 Å². The Morgan fingerprint density at radius 2 is 1.76 bits per heavy atom. The number of rotatable bonds is 6. The van der Waals surface area contributed by atoms with Crippen LogP contribution in [-0.4, -0.2) is 64.8 Å². The molecule has 0 saturated carbocycles. The molecule has 2 atom stereocenters. The van der Waals surface area contributed by atoms with Crippen LogP contribution >= 0.6 is 0 Å². The summed E-state index contributed by atoms with van der Waals surface area (Å²) in [7, 11) is 0. The largest absolute Gasteiger partial charge is 0.341 e. The number of likely N-dealkylation sites (N-methyl/N-ethyl adjacent to an activating group) is 1. The number of likely N-dealkylation sites (tertiary alicyclic amines) is 1. The number of urea groups is 1. The van der Waals surface area contributed by atoms with Crippen LogP contribution in [0.15, 0.2) is 59.8 Å². The van der Waals surface area contributed by atoms with Gasteiger partial charge < -0.3 is 15.1 Å². The number of aryl methyl sites for hydroxylation is 2. The fourth-order valence-electron chi connectivity index (χ4n) is 5.98. The summed E-state index contributed by atoms with van der Waals surface area (Å²) in [6.45, 7) is 8.12. The molecule has 194 valence electrons. The summed E-state index contributed by atoms with van der Waals surface area (Å²) >= 11 is 0. The Balaban J connectivity index is 1.53. The lowest BCUT2D eigenvalue weighted by molar-refractivity contribution is -0.143. The van der Waals surface area contributed by atoms with E-state index >= 15 is 0 Å². The zero-order valence-corrected chi connectivity index (χ0v) is 22.0. The lowest BCUT2D eigenvalue weighted by Gasteiger charge is -2.35. The monoisotopic (exact) mass is 500 g/mol. The van der Waals surface area contributed by atoms with Crippen LogP contribution in [0, 0.1) is 13.8 Å². The molecule has 1 saturated heterocycles. The molecule has 0 aliphatic carbocycles. The summed E-state index contributed by atoms with van der Waals surface area (Å²) < 4.78 is 0. The lowest BCUT2D eigenvalue weighted by Crippen LogP contribution is -2.52. The Morgan fingerprint density at radius 3 is 2.43 bits per heavy atom. The molecule has 7 nitrogen and oxygen atoms in total. The summed E-state index contributed by atoms with van der Waals surface area (Å²) in [5.74, 6) is -0.160. The molecule has 5 rings (SSSR count). The minimum absolute atomic E-state index is 0.00199. The molecule has 3 heterocycles. The highest BCUT2D eigenvalue weighted by Gasteiger charge is 2.47. The van der Waals surface area contributed by atoms with Crippen molar-refractivity contribution < 1.29 is 14.4 Å². The fourth-order valence-corrected chi connectivity index (χ4v) is 5.98. The maximum Gasteiger partial charge on any atom is 0.322 e. The fraction of sp³-hybridized carbons (Fsp3) is 0.433. The molecular weight excluding hydrogens is 464 g/mol. The van der Waals surface area contributed by atoms with Gasteiger partial charge in [-0.3, -0.25) is 14.5 Å². The van der Waals surface area contributed by atoms with Crippen molar-refractivity contribution in [3.63, 3.8) is 0 Å². The molecule has 0 unspecified atom stereocenters. The molecule has 0 bridgehead atoms. The predicted molar refractivity (Wildman–Crippen MR) is 143 cm³/mol. The highest BCUT2D eigenvalue weighted by atomic mass is 16.2. The lowest BCUT2D eigenvalue weighted by atomic mass is 9.91. The molecule has 3 aliphatic heterocycles. The minimum Gasteiger partial charge on any atom is -0.341 e. The van der Waals surface area contributed by atoms with E-state index < -0.39 is 12.1 Å². The molecule has 37 heavy (non-hydrogen) atoms. The molecule has 7 heteroatoms. The number of nitrogens with zero attached hydrogens (tertiary/aromatic N) is 3. The van der Waals surface area contributed by atoms with Gasteiger partial charge in [0.2, 0.25) is 5.91 Å². The van der Waals surface area contributed by atoms with Crippen molar-refractivity contribution in [2.45, 2.75) is 58.5 Å². The number of benzene rings is 2. The van der Waals surface area contributed by atoms with Crippen LogP contribution in [0.4, 0.5) is 4.79 Å². The van der Waals surface area contributed by atoms with Gasteiger partial charge in [-0.15, -0.1) is 0 Å². The van der Waals surface area contributed by atoms with Crippen LogP contribution in [0.25, 0.3) is 0 Å². The van der Waals surface area contributed by atoms with E-state index in [4.69, 9.17) is 0 Å². The number of hydrogen-bond donors (Lipinski definition) is 1. The second kappa shape index (κ2) is 10.4. The third-order valence-corrected chi connectivity index (χ3v) is 7.90. The van der Waals surface area contributed by atoms with E-state index in [-0.39, 0.29) is 24.4 Å². The van der Waals surface area contributed by atoms with Crippen LogP contribution in [0.3, 0.4) is 0 Å². The van der Waals surface area contributed by atoms with Gasteiger partial charge in [-0.25, -0.2) is 4.79 Å². The number of piperidine rings is 1. The molecule has 2 aromatic rings. The van der Waals surface area contributed by atoms with Crippen molar-refractivity contribution in [1.82, 2.24) is 20.0 Å². The van der Waals surface area contributed by atoms with Crippen molar-refractivity contribution in [2.75, 3.05) is 26.2 Å². The Bertz CT molecular complexity index is 1230. The summed E-state index contributed by atoms with van der Waals surface area (Å²) in [4.78, 5) is 46.6. The first kappa shape index (κ1) is 25.1. The number of hydrogen-bond acceptors (Lipinski definition) is 3. The Morgan fingerprint density at radius 1 is 1.03 bits per heavy atom. The minimum atomic E-state index is -0.618. The van der Waals surface area contributed by atoms with E-state index in [1.807, 2.05) is 68.1 Å². The highest BCUT2D eigenvalue weighted by Crippen LogP contribution is 2.38. The number of nitrogens with one attached hydrogen (secondary N) is 1. The summed E-state index contributed by atoms with van der Waals surface area (Å²) in [6.07, 6.45) is 3.55. The van der Waals surface area contributed by atoms with Crippen molar-refractivity contribution in [1.29, 1.82) is 0 Å². The van der Waals surface area contributed by atoms with Gasteiger partial charge in [0.15, 0.2) is 0 Å². The first-order valence-corrected chi connectivity index (χ1v) is 13.4. The van der Waals surface area contributed by atoms with Gasteiger partial charge in [0, 0.05) is 26.1 Å². The van der Waals surface area contributed by atoms with Gasteiger partial charge in [-0.2, -0.15) is 0 Å². The van der Waals surface area contributed by atoms with Gasteiger partial charge in [0.25, 0.3) is 5.91 Å². The zero-order chi connectivity index (χ0) is 26.1. The number of amides is 4. The maximum atomic E-state index is 14.2. The topological polar surface area (TPSA) is 73.0 Å². The van der Waals surface area contributed by atoms with Crippen molar-refractivity contribution in [3.8, 4) is 0 Å². The average Bonchev–Trinajstić information content (AvgIpc) is 3.24. The maximum absolute atomic E-state index is 14.2. The first-order chi connectivity index (χ1) is 17.9. The predicted octanol–water partition coefficient (Wildman–Crippen LogP) is 4.11. The van der Waals surface area contributed by atoms with Gasteiger partial charge in [0.05, 0.1) is 23.9 Å². The van der Waals surface area contributed by atoms with E-state index in [1.165, 1.54) is 0 Å². The molecule has 1 N–H and O–H groups in total. The Hall–Kier alpha value is -3.61. The molecule has 1 fully saturated rings. The molecule has 4 amide bonds. The summed E-state index contributed by atoms with van der Waals surface area (Å²) in [5.41, 5.74) is 5.38. The van der Waals surface area contributed by atoms with Crippen LogP contribution in [-0.2, 0) is 16.0 Å². The number of carbonyl (C=O) groups is 3. The molecule has 0 radical (unpaired) electrons. The smallest absolute Gasteiger partial charge is 0.322 e. The van der Waals surface area contributed by atoms with E-state index in [0.29, 0.717) is 24.2 Å². The Labute approximate surface area is 219 Å². The van der Waals surface area contributed by atoms with Crippen molar-refractivity contribution >= 4 is 17.8 Å².